The summed E-state index contributed by atoms with van der Waals surface area (Å²) in [6, 6.07) is 1.60. The zero-order valence-electron chi connectivity index (χ0n) is 13.5. The Hall–Kier alpha value is -1.89. The molecule has 126 valence electrons. The Morgan fingerprint density at radius 3 is 2.65 bits per heavy atom. The number of ketones is 1. The summed E-state index contributed by atoms with van der Waals surface area (Å²) in [6.07, 6.45) is 3.35. The van der Waals surface area contributed by atoms with Crippen LogP contribution in [0.5, 0.6) is 0 Å². The molecule has 0 aromatic carbocycles. The zero-order valence-corrected chi connectivity index (χ0v) is 14.4. The van der Waals surface area contributed by atoms with Gasteiger partial charge < -0.3 is 9.30 Å². The van der Waals surface area contributed by atoms with Crippen LogP contribution in [0, 0.1) is 13.8 Å². The van der Waals surface area contributed by atoms with E-state index in [0.29, 0.717) is 12.0 Å². The van der Waals surface area contributed by atoms with Crippen LogP contribution in [0.4, 0.5) is 0 Å². The van der Waals surface area contributed by atoms with E-state index < -0.39 is 15.8 Å². The highest BCUT2D eigenvalue weighted by Crippen LogP contribution is 2.29. The second kappa shape index (κ2) is 6.70. The molecule has 0 spiro atoms. The number of allylic oxidation sites excluding steroid dienone is 1. The second-order valence-electron chi connectivity index (χ2n) is 5.74. The normalized spacial score (nSPS) is 20.0. The van der Waals surface area contributed by atoms with Crippen LogP contribution in [0.2, 0.25) is 0 Å². The van der Waals surface area contributed by atoms with E-state index in [1.54, 1.807) is 26.0 Å². The predicted octanol–water partition coefficient (Wildman–Crippen LogP) is 1.77. The largest absolute Gasteiger partial charge is 0.454 e. The molecule has 1 unspecified atom stereocenters. The lowest BCUT2D eigenvalue weighted by molar-refractivity contribution is -0.136. The summed E-state index contributed by atoms with van der Waals surface area (Å²) in [5.74, 6) is -0.564. The third kappa shape index (κ3) is 3.90. The van der Waals surface area contributed by atoms with Gasteiger partial charge in [-0.1, -0.05) is 6.08 Å². The van der Waals surface area contributed by atoms with Gasteiger partial charge in [0.2, 0.25) is 5.78 Å². The third-order valence-electron chi connectivity index (χ3n) is 4.01. The zero-order chi connectivity index (χ0) is 17.2. The maximum absolute atomic E-state index is 12.2. The Labute approximate surface area is 136 Å². The lowest BCUT2D eigenvalue weighted by Gasteiger charge is -2.16. The molecule has 0 radical (unpaired) electrons. The fourth-order valence-corrected chi connectivity index (χ4v) is 4.70. The maximum Gasteiger partial charge on any atom is 0.330 e. The number of rotatable bonds is 5. The molecular weight excluding hydrogens is 318 g/mol. The third-order valence-corrected chi connectivity index (χ3v) is 5.76. The lowest BCUT2D eigenvalue weighted by atomic mass is 10.1. The van der Waals surface area contributed by atoms with Gasteiger partial charge in [-0.15, -0.1) is 0 Å². The van der Waals surface area contributed by atoms with Crippen LogP contribution in [0.15, 0.2) is 18.2 Å². The molecule has 1 aliphatic rings. The number of Topliss-reactive ketones (excluding diaryl/α,β-unsaturated/α-hetero) is 1. The van der Waals surface area contributed by atoms with Gasteiger partial charge in [-0.05, 0) is 33.3 Å². The van der Waals surface area contributed by atoms with Gasteiger partial charge in [0.1, 0.15) is 0 Å². The Balaban J connectivity index is 2.17. The molecule has 0 N–H and O–H groups in total. The second-order valence-corrected chi connectivity index (χ2v) is 7.97. The number of aryl methyl sites for hydroxylation is 1. The Morgan fingerprint density at radius 2 is 2.09 bits per heavy atom. The SMILES string of the molecule is CC=CC(=O)OCC(=O)c1cc(C)n(C2CCS(=O)(=O)C2)c1C. The molecule has 1 fully saturated rings. The fourth-order valence-electron chi connectivity index (χ4n) is 3.00. The molecule has 23 heavy (non-hydrogen) atoms. The van der Waals surface area contributed by atoms with Crippen LogP contribution in [0.1, 0.15) is 41.1 Å². The predicted molar refractivity (Wildman–Crippen MR) is 86.3 cm³/mol. The maximum atomic E-state index is 12.2. The molecule has 1 aromatic heterocycles. The Bertz CT molecular complexity index is 758. The van der Waals surface area contributed by atoms with Crippen molar-refractivity contribution in [3.05, 3.63) is 35.2 Å². The van der Waals surface area contributed by atoms with Gasteiger partial charge in [0, 0.05) is 29.1 Å². The minimum absolute atomic E-state index is 0.104. The summed E-state index contributed by atoms with van der Waals surface area (Å²) in [6.45, 7) is 5.00. The van der Waals surface area contributed by atoms with Crippen molar-refractivity contribution in [1.82, 2.24) is 4.57 Å². The molecule has 2 heterocycles. The topological polar surface area (TPSA) is 82.4 Å². The lowest BCUT2D eigenvalue weighted by Crippen LogP contribution is -2.16. The van der Waals surface area contributed by atoms with E-state index >= 15 is 0 Å². The molecule has 0 bridgehead atoms. The highest BCUT2D eigenvalue weighted by atomic mass is 32.2. The molecule has 2 rings (SSSR count). The van der Waals surface area contributed by atoms with Gasteiger partial charge in [-0.25, -0.2) is 13.2 Å². The van der Waals surface area contributed by atoms with E-state index in [0.717, 1.165) is 11.4 Å². The molecular formula is C16H21NO5S. The minimum Gasteiger partial charge on any atom is -0.454 e. The van der Waals surface area contributed by atoms with E-state index in [1.807, 2.05) is 11.5 Å². The van der Waals surface area contributed by atoms with Gasteiger partial charge in [0.05, 0.1) is 11.5 Å². The van der Waals surface area contributed by atoms with E-state index in [1.165, 1.54) is 6.08 Å². The molecule has 6 nitrogen and oxygen atoms in total. The minimum atomic E-state index is -3.00. The number of sulfone groups is 1. The van der Waals surface area contributed by atoms with Crippen molar-refractivity contribution >= 4 is 21.6 Å². The summed E-state index contributed by atoms with van der Waals surface area (Å²) in [7, 11) is -3.00. The average molecular weight is 339 g/mol. The van der Waals surface area contributed by atoms with Crippen molar-refractivity contribution in [3.8, 4) is 0 Å². The highest BCUT2D eigenvalue weighted by molar-refractivity contribution is 7.91. The number of esters is 1. The molecule has 0 aliphatic carbocycles. The number of nitrogens with zero attached hydrogens (tertiary/aromatic N) is 1. The molecule has 1 saturated heterocycles. The van der Waals surface area contributed by atoms with Crippen LogP contribution >= 0.6 is 0 Å². The molecule has 7 heteroatoms. The van der Waals surface area contributed by atoms with Crippen LogP contribution in [-0.2, 0) is 19.4 Å². The van der Waals surface area contributed by atoms with E-state index in [2.05, 4.69) is 0 Å². The van der Waals surface area contributed by atoms with Crippen LogP contribution in [0.25, 0.3) is 0 Å². The Kier molecular flexibility index (Phi) is 5.09. The first-order valence-electron chi connectivity index (χ1n) is 7.46. The smallest absolute Gasteiger partial charge is 0.330 e. The number of ether oxygens (including phenoxy) is 1. The molecule has 1 aliphatic heterocycles. The number of carbonyl (C=O) groups excluding carboxylic acids is 2. The van der Waals surface area contributed by atoms with Crippen LogP contribution in [-0.4, -0.2) is 42.9 Å². The number of hydrogen-bond donors (Lipinski definition) is 0. The quantitative estimate of drug-likeness (QED) is 0.464. The van der Waals surface area contributed by atoms with E-state index in [4.69, 9.17) is 4.74 Å². The number of aromatic nitrogens is 1. The van der Waals surface area contributed by atoms with E-state index in [-0.39, 0.29) is 29.9 Å². The van der Waals surface area contributed by atoms with Crippen molar-refractivity contribution in [2.24, 2.45) is 0 Å². The standard InChI is InChI=1S/C16H21NO5S/c1-4-5-16(19)22-9-15(18)14-8-11(2)17(12(14)3)13-6-7-23(20,21)10-13/h4-5,8,13H,6-7,9-10H2,1-3H3. The first kappa shape index (κ1) is 17.5. The summed E-state index contributed by atoms with van der Waals surface area (Å²) >= 11 is 0. The van der Waals surface area contributed by atoms with Crippen LogP contribution in [0.3, 0.4) is 0 Å². The van der Waals surface area contributed by atoms with Crippen molar-refractivity contribution in [2.75, 3.05) is 18.1 Å². The summed E-state index contributed by atoms with van der Waals surface area (Å²) < 4.78 is 30.1. The first-order valence-corrected chi connectivity index (χ1v) is 9.29. The number of hydrogen-bond acceptors (Lipinski definition) is 5. The summed E-state index contributed by atoms with van der Waals surface area (Å²) in [5.41, 5.74) is 2.03. The van der Waals surface area contributed by atoms with Gasteiger partial charge in [-0.3, -0.25) is 4.79 Å². The average Bonchev–Trinajstić information content (AvgIpc) is 2.96. The van der Waals surface area contributed by atoms with Crippen LogP contribution < -0.4 is 0 Å². The van der Waals surface area contributed by atoms with Gasteiger partial charge in [0.15, 0.2) is 16.4 Å². The first-order chi connectivity index (χ1) is 10.7. The molecule has 0 saturated carbocycles. The Morgan fingerprint density at radius 1 is 1.39 bits per heavy atom. The monoisotopic (exact) mass is 339 g/mol. The summed E-state index contributed by atoms with van der Waals surface area (Å²) in [4.78, 5) is 23.5. The fraction of sp³-hybridized carbons (Fsp3) is 0.500. The van der Waals surface area contributed by atoms with Gasteiger partial charge >= 0.3 is 5.97 Å². The highest BCUT2D eigenvalue weighted by Gasteiger charge is 2.31. The van der Waals surface area contributed by atoms with Crippen molar-refractivity contribution in [3.63, 3.8) is 0 Å². The number of carbonyl (C=O) groups is 2. The van der Waals surface area contributed by atoms with Gasteiger partial charge in [-0.2, -0.15) is 0 Å². The van der Waals surface area contributed by atoms with Crippen molar-refractivity contribution < 1.29 is 22.7 Å². The molecule has 1 atom stereocenters. The van der Waals surface area contributed by atoms with Crippen molar-refractivity contribution in [2.45, 2.75) is 33.2 Å². The van der Waals surface area contributed by atoms with E-state index in [9.17, 15) is 18.0 Å². The molecule has 1 aromatic rings. The van der Waals surface area contributed by atoms with Gasteiger partial charge in [0.25, 0.3) is 0 Å². The molecule has 0 amide bonds. The summed E-state index contributed by atoms with van der Waals surface area (Å²) in [5, 5.41) is 0. The van der Waals surface area contributed by atoms with Crippen molar-refractivity contribution in [1.29, 1.82) is 0 Å².